The third kappa shape index (κ3) is 5.32. The summed E-state index contributed by atoms with van der Waals surface area (Å²) in [6.07, 6.45) is 0.836. The molecule has 0 spiro atoms. The van der Waals surface area contributed by atoms with Gasteiger partial charge in [0.1, 0.15) is 5.75 Å². The number of rotatable bonds is 10. The predicted molar refractivity (Wildman–Crippen MR) is 115 cm³/mol. The van der Waals surface area contributed by atoms with Crippen molar-refractivity contribution in [2.75, 3.05) is 38.4 Å². The number of amides is 1. The van der Waals surface area contributed by atoms with Gasteiger partial charge in [0.2, 0.25) is 5.78 Å². The maximum absolute atomic E-state index is 12.6. The summed E-state index contributed by atoms with van der Waals surface area (Å²) in [5.74, 6) is -0.388. The molecule has 2 aromatic rings. The van der Waals surface area contributed by atoms with Gasteiger partial charge in [-0.3, -0.25) is 14.4 Å². The fraction of sp³-hybridized carbons (Fsp3) is 0.435. The molecule has 0 bridgehead atoms. The average Bonchev–Trinajstić information content (AvgIpc) is 3.05. The lowest BCUT2D eigenvalue weighted by Gasteiger charge is -2.28. The number of carbonyl (C=O) groups is 3. The molecule has 0 atom stereocenters. The van der Waals surface area contributed by atoms with Crippen LogP contribution in [0.3, 0.4) is 0 Å². The van der Waals surface area contributed by atoms with Crippen LogP contribution in [-0.2, 0) is 25.6 Å². The molecular formula is C23H28N2O6. The minimum absolute atomic E-state index is 0.0105. The third-order valence-electron chi connectivity index (χ3n) is 5.32. The van der Waals surface area contributed by atoms with E-state index in [1.807, 2.05) is 26.0 Å². The SMILES string of the molecule is COCCCn1c(C)cc(C(=O)COC(=O)CCN2C(=O)COc3ccccc32)c1C. The number of para-hydroxylation sites is 2. The highest BCUT2D eigenvalue weighted by atomic mass is 16.5. The van der Waals surface area contributed by atoms with Crippen LogP contribution in [0.5, 0.6) is 5.75 Å². The van der Waals surface area contributed by atoms with Gasteiger partial charge in [0, 0.05) is 43.8 Å². The van der Waals surface area contributed by atoms with E-state index in [2.05, 4.69) is 4.57 Å². The second-order valence-corrected chi connectivity index (χ2v) is 7.42. The van der Waals surface area contributed by atoms with Crippen molar-refractivity contribution < 1.29 is 28.6 Å². The fourth-order valence-electron chi connectivity index (χ4n) is 3.69. The Balaban J connectivity index is 1.53. The summed E-state index contributed by atoms with van der Waals surface area (Å²) in [5, 5.41) is 0. The highest BCUT2D eigenvalue weighted by molar-refractivity contribution is 6.00. The number of nitrogens with zero attached hydrogens (tertiary/aromatic N) is 2. The number of benzene rings is 1. The largest absolute Gasteiger partial charge is 0.482 e. The molecule has 0 aliphatic carbocycles. The van der Waals surface area contributed by atoms with Crippen molar-refractivity contribution in [2.45, 2.75) is 33.2 Å². The molecule has 1 aromatic heterocycles. The minimum atomic E-state index is -0.529. The maximum atomic E-state index is 12.6. The fourth-order valence-corrected chi connectivity index (χ4v) is 3.69. The van der Waals surface area contributed by atoms with Gasteiger partial charge in [-0.2, -0.15) is 0 Å². The van der Waals surface area contributed by atoms with Crippen molar-refractivity contribution in [3.05, 3.63) is 47.3 Å². The van der Waals surface area contributed by atoms with Gasteiger partial charge >= 0.3 is 5.97 Å². The highest BCUT2D eigenvalue weighted by Gasteiger charge is 2.26. The van der Waals surface area contributed by atoms with E-state index in [4.69, 9.17) is 14.2 Å². The molecule has 166 valence electrons. The molecule has 8 nitrogen and oxygen atoms in total. The number of hydrogen-bond donors (Lipinski definition) is 0. The van der Waals surface area contributed by atoms with Crippen molar-refractivity contribution in [2.24, 2.45) is 0 Å². The molecule has 3 rings (SSSR count). The molecule has 1 aliphatic rings. The second-order valence-electron chi connectivity index (χ2n) is 7.42. The summed E-state index contributed by atoms with van der Waals surface area (Å²) >= 11 is 0. The van der Waals surface area contributed by atoms with Gasteiger partial charge in [0.25, 0.3) is 5.91 Å². The van der Waals surface area contributed by atoms with Crippen LogP contribution < -0.4 is 9.64 Å². The molecule has 1 aliphatic heterocycles. The third-order valence-corrected chi connectivity index (χ3v) is 5.32. The van der Waals surface area contributed by atoms with Crippen molar-refractivity contribution in [3.63, 3.8) is 0 Å². The average molecular weight is 428 g/mol. The normalized spacial score (nSPS) is 13.0. The first kappa shape index (κ1) is 22.6. The molecule has 0 unspecified atom stereocenters. The highest BCUT2D eigenvalue weighted by Crippen LogP contribution is 2.31. The van der Waals surface area contributed by atoms with E-state index >= 15 is 0 Å². The molecular weight excluding hydrogens is 400 g/mol. The molecule has 0 radical (unpaired) electrons. The van der Waals surface area contributed by atoms with Gasteiger partial charge in [-0.05, 0) is 38.5 Å². The van der Waals surface area contributed by atoms with Crippen LogP contribution in [-0.4, -0.2) is 55.7 Å². The molecule has 8 heteroatoms. The first-order chi connectivity index (χ1) is 14.9. The van der Waals surface area contributed by atoms with E-state index in [0.717, 1.165) is 24.4 Å². The Morgan fingerprint density at radius 2 is 1.94 bits per heavy atom. The second kappa shape index (κ2) is 10.3. The Bertz CT molecular complexity index is 965. The van der Waals surface area contributed by atoms with Gasteiger partial charge in [-0.15, -0.1) is 0 Å². The van der Waals surface area contributed by atoms with E-state index in [0.29, 0.717) is 23.6 Å². The maximum Gasteiger partial charge on any atom is 0.308 e. The van der Waals surface area contributed by atoms with E-state index in [1.165, 1.54) is 4.90 Å². The zero-order valence-corrected chi connectivity index (χ0v) is 18.2. The Hall–Kier alpha value is -3.13. The first-order valence-corrected chi connectivity index (χ1v) is 10.3. The summed E-state index contributed by atoms with van der Waals surface area (Å²) in [4.78, 5) is 38.5. The van der Waals surface area contributed by atoms with Crippen LogP contribution >= 0.6 is 0 Å². The van der Waals surface area contributed by atoms with Gasteiger partial charge in [-0.25, -0.2) is 0 Å². The Morgan fingerprint density at radius 1 is 1.16 bits per heavy atom. The lowest BCUT2D eigenvalue weighted by atomic mass is 10.1. The molecule has 0 saturated heterocycles. The minimum Gasteiger partial charge on any atom is -0.482 e. The number of esters is 1. The number of Topliss-reactive ketones (excluding diaryl/α,β-unsaturated/α-hetero) is 1. The molecule has 0 fully saturated rings. The summed E-state index contributed by atoms with van der Waals surface area (Å²) in [5.41, 5.74) is 3.02. The smallest absolute Gasteiger partial charge is 0.308 e. The number of aryl methyl sites for hydroxylation is 1. The number of fused-ring (bicyclic) bond motifs is 1. The number of carbonyl (C=O) groups excluding carboxylic acids is 3. The topological polar surface area (TPSA) is 87.1 Å². The van der Waals surface area contributed by atoms with Gasteiger partial charge in [0.05, 0.1) is 12.1 Å². The Labute approximate surface area is 181 Å². The van der Waals surface area contributed by atoms with E-state index in [1.54, 1.807) is 25.3 Å². The lowest BCUT2D eigenvalue weighted by molar-refractivity contribution is -0.142. The van der Waals surface area contributed by atoms with Crippen LogP contribution in [0.15, 0.2) is 30.3 Å². The number of methoxy groups -OCH3 is 1. The predicted octanol–water partition coefficient (Wildman–Crippen LogP) is 2.68. The van der Waals surface area contributed by atoms with Gasteiger partial charge in [-0.1, -0.05) is 12.1 Å². The molecule has 1 aromatic carbocycles. The van der Waals surface area contributed by atoms with Crippen molar-refractivity contribution in [1.29, 1.82) is 0 Å². The Morgan fingerprint density at radius 3 is 2.71 bits per heavy atom. The molecule has 0 N–H and O–H groups in total. The van der Waals surface area contributed by atoms with Crippen LogP contribution in [0.4, 0.5) is 5.69 Å². The van der Waals surface area contributed by atoms with Gasteiger partial charge < -0.3 is 23.7 Å². The number of ether oxygens (including phenoxy) is 3. The summed E-state index contributed by atoms with van der Waals surface area (Å²) in [7, 11) is 1.66. The van der Waals surface area contributed by atoms with Crippen LogP contribution in [0.1, 0.15) is 34.6 Å². The van der Waals surface area contributed by atoms with E-state index in [9.17, 15) is 14.4 Å². The zero-order chi connectivity index (χ0) is 22.4. The van der Waals surface area contributed by atoms with Crippen LogP contribution in [0, 0.1) is 13.8 Å². The van der Waals surface area contributed by atoms with Crippen molar-refractivity contribution >= 4 is 23.3 Å². The monoisotopic (exact) mass is 428 g/mol. The van der Waals surface area contributed by atoms with Crippen molar-refractivity contribution in [1.82, 2.24) is 4.57 Å². The number of hydrogen-bond acceptors (Lipinski definition) is 6. The first-order valence-electron chi connectivity index (χ1n) is 10.3. The summed E-state index contributed by atoms with van der Waals surface area (Å²) in [6.45, 7) is 5.01. The quantitative estimate of drug-likeness (QED) is 0.329. The van der Waals surface area contributed by atoms with Crippen LogP contribution in [0.2, 0.25) is 0 Å². The summed E-state index contributed by atoms with van der Waals surface area (Å²) < 4.78 is 17.7. The molecule has 1 amide bonds. The molecule has 0 saturated carbocycles. The lowest BCUT2D eigenvalue weighted by Crippen LogP contribution is -2.40. The van der Waals surface area contributed by atoms with Crippen LogP contribution in [0.25, 0.3) is 0 Å². The number of aromatic nitrogens is 1. The van der Waals surface area contributed by atoms with E-state index in [-0.39, 0.29) is 37.9 Å². The van der Waals surface area contributed by atoms with E-state index < -0.39 is 5.97 Å². The Kier molecular flexibility index (Phi) is 7.46. The summed E-state index contributed by atoms with van der Waals surface area (Å²) in [6, 6.07) is 8.99. The molecule has 31 heavy (non-hydrogen) atoms. The standard InChI is InChI=1S/C23H28N2O6/c1-16-13-18(17(2)24(16)10-6-12-29-3)20(26)14-31-23(28)9-11-25-19-7-4-5-8-21(19)30-15-22(25)27/h4-5,7-8,13H,6,9-12,14-15H2,1-3H3. The molecule has 2 heterocycles. The zero-order valence-electron chi connectivity index (χ0n) is 18.2. The number of anilines is 1. The van der Waals surface area contributed by atoms with Gasteiger partial charge in [0.15, 0.2) is 13.2 Å². The number of ketones is 1. The van der Waals surface area contributed by atoms with Crippen molar-refractivity contribution in [3.8, 4) is 5.75 Å².